The molecular weight excluding hydrogens is 426 g/mol. The van der Waals surface area contributed by atoms with Gasteiger partial charge >= 0.3 is 0 Å². The Bertz CT molecular complexity index is 1030. The van der Waals surface area contributed by atoms with E-state index in [9.17, 15) is 18.0 Å². The van der Waals surface area contributed by atoms with Crippen molar-refractivity contribution in [1.82, 2.24) is 9.88 Å². The summed E-state index contributed by atoms with van der Waals surface area (Å²) in [7, 11) is -3.49. The summed E-state index contributed by atoms with van der Waals surface area (Å²) in [6, 6.07) is 8.16. The number of nitrogens with one attached hydrogen (secondary N) is 1. The van der Waals surface area contributed by atoms with E-state index in [1.165, 1.54) is 23.5 Å². The second-order valence-corrected chi connectivity index (χ2v) is 10.5. The van der Waals surface area contributed by atoms with Gasteiger partial charge in [0.15, 0.2) is 15.0 Å². The van der Waals surface area contributed by atoms with Gasteiger partial charge in [0.2, 0.25) is 5.91 Å². The zero-order valence-electron chi connectivity index (χ0n) is 16.4. The molecule has 160 valence electrons. The van der Waals surface area contributed by atoms with Gasteiger partial charge in [0.05, 0.1) is 22.9 Å². The van der Waals surface area contributed by atoms with Crippen LogP contribution < -0.4 is 5.32 Å². The zero-order valence-corrected chi connectivity index (χ0v) is 18.0. The Kier molecular flexibility index (Phi) is 6.16. The Morgan fingerprint density at radius 2 is 2.07 bits per heavy atom. The van der Waals surface area contributed by atoms with E-state index < -0.39 is 15.9 Å². The lowest BCUT2D eigenvalue weighted by Crippen LogP contribution is -2.36. The van der Waals surface area contributed by atoms with Gasteiger partial charge in [-0.3, -0.25) is 14.9 Å². The number of rotatable bonds is 6. The molecule has 2 aromatic rings. The zero-order chi connectivity index (χ0) is 21.1. The summed E-state index contributed by atoms with van der Waals surface area (Å²) in [6.07, 6.45) is 1.69. The van der Waals surface area contributed by atoms with Crippen LogP contribution in [0.1, 0.15) is 29.8 Å². The van der Waals surface area contributed by atoms with Crippen LogP contribution in [0, 0.1) is 0 Å². The average molecular weight is 450 g/mol. The van der Waals surface area contributed by atoms with E-state index in [2.05, 4.69) is 10.3 Å². The van der Waals surface area contributed by atoms with Crippen LogP contribution in [0.15, 0.2) is 35.2 Å². The van der Waals surface area contributed by atoms with Gasteiger partial charge in [-0.05, 0) is 25.0 Å². The number of nitrogens with zero attached hydrogens (tertiary/aromatic N) is 2. The number of hydrogen-bond acceptors (Lipinski definition) is 7. The van der Waals surface area contributed by atoms with Crippen molar-refractivity contribution in [3.8, 4) is 0 Å². The summed E-state index contributed by atoms with van der Waals surface area (Å²) in [6.45, 7) is 1.47. The predicted molar refractivity (Wildman–Crippen MR) is 112 cm³/mol. The molecule has 0 spiro atoms. The van der Waals surface area contributed by atoms with Crippen molar-refractivity contribution in [1.29, 1.82) is 0 Å². The fourth-order valence-corrected chi connectivity index (χ4v) is 5.84. The molecule has 1 aromatic carbocycles. The number of carbonyl (C=O) groups is 2. The average Bonchev–Trinajstić information content (AvgIpc) is 3.41. The van der Waals surface area contributed by atoms with Crippen molar-refractivity contribution in [2.24, 2.45) is 0 Å². The predicted octanol–water partition coefficient (Wildman–Crippen LogP) is 2.01. The second-order valence-electron chi connectivity index (χ2n) is 7.33. The first-order valence-electron chi connectivity index (χ1n) is 9.89. The van der Waals surface area contributed by atoms with Crippen molar-refractivity contribution in [2.75, 3.05) is 24.2 Å². The summed E-state index contributed by atoms with van der Waals surface area (Å²) in [5, 5.41) is 3.32. The summed E-state index contributed by atoms with van der Waals surface area (Å²) in [5.74, 6) is -0.596. The third-order valence-corrected chi connectivity index (χ3v) is 7.95. The Hall–Kier alpha value is -2.30. The lowest BCUT2D eigenvalue weighted by Gasteiger charge is -2.26. The largest absolute Gasteiger partial charge is 0.368 e. The van der Waals surface area contributed by atoms with Crippen LogP contribution in [0.2, 0.25) is 0 Å². The molecule has 2 aliphatic heterocycles. The maximum absolute atomic E-state index is 12.6. The molecule has 3 heterocycles. The molecule has 2 amide bonds. The van der Waals surface area contributed by atoms with Gasteiger partial charge in [-0.15, -0.1) is 0 Å². The summed E-state index contributed by atoms with van der Waals surface area (Å²) in [5.41, 5.74) is 0.878. The molecule has 10 heteroatoms. The van der Waals surface area contributed by atoms with E-state index in [1.54, 1.807) is 23.1 Å². The lowest BCUT2D eigenvalue weighted by atomic mass is 10.1. The molecule has 0 aliphatic carbocycles. The number of sulfone groups is 1. The molecule has 1 fully saturated rings. The van der Waals surface area contributed by atoms with Crippen LogP contribution in [0.5, 0.6) is 0 Å². The number of anilines is 1. The lowest BCUT2D eigenvalue weighted by molar-refractivity contribution is -0.131. The molecule has 0 radical (unpaired) electrons. The fraction of sp³-hybridized carbons (Fsp3) is 0.450. The third kappa shape index (κ3) is 4.71. The quantitative estimate of drug-likeness (QED) is 0.723. The van der Waals surface area contributed by atoms with E-state index in [1.807, 2.05) is 0 Å². The van der Waals surface area contributed by atoms with Crippen molar-refractivity contribution in [3.05, 3.63) is 40.9 Å². The number of benzene rings is 1. The Labute approximate surface area is 179 Å². The minimum atomic E-state index is -3.49. The highest BCUT2D eigenvalue weighted by Crippen LogP contribution is 2.29. The molecule has 4 rings (SSSR count). The van der Waals surface area contributed by atoms with E-state index in [0.717, 1.165) is 17.0 Å². The van der Waals surface area contributed by atoms with Crippen molar-refractivity contribution in [3.63, 3.8) is 0 Å². The monoisotopic (exact) mass is 449 g/mol. The first-order chi connectivity index (χ1) is 14.4. The second kappa shape index (κ2) is 8.83. The van der Waals surface area contributed by atoms with Gasteiger partial charge in [-0.2, -0.15) is 0 Å². The molecule has 0 saturated carbocycles. The van der Waals surface area contributed by atoms with E-state index >= 15 is 0 Å². The first kappa shape index (κ1) is 21.0. The van der Waals surface area contributed by atoms with Crippen LogP contribution in [0.4, 0.5) is 5.13 Å². The van der Waals surface area contributed by atoms with Gasteiger partial charge in [-0.25, -0.2) is 13.4 Å². The topological polar surface area (TPSA) is 106 Å². The minimum Gasteiger partial charge on any atom is -0.368 e. The molecule has 1 N–H and O–H groups in total. The van der Waals surface area contributed by atoms with E-state index in [0.29, 0.717) is 37.7 Å². The van der Waals surface area contributed by atoms with Gasteiger partial charge in [0.1, 0.15) is 6.10 Å². The maximum atomic E-state index is 12.6. The fourth-order valence-electron chi connectivity index (χ4n) is 3.56. The molecular formula is C20H23N3O5S2. The van der Waals surface area contributed by atoms with Crippen molar-refractivity contribution >= 4 is 38.1 Å². The molecule has 1 atom stereocenters. The normalized spacial score (nSPS) is 18.8. The van der Waals surface area contributed by atoms with E-state index in [-0.39, 0.29) is 28.9 Å². The molecule has 1 aromatic heterocycles. The number of thiazole rings is 1. The van der Waals surface area contributed by atoms with Crippen molar-refractivity contribution < 1.29 is 22.7 Å². The summed E-state index contributed by atoms with van der Waals surface area (Å²) >= 11 is 1.35. The first-order valence-corrected chi connectivity index (χ1v) is 12.4. The SMILES string of the molecule is O=C(Nc1nc2c(s1)CN(C(=O)CCS(=O)(=O)c1ccccc1)CC2)C1CCCO1. The van der Waals surface area contributed by atoms with Crippen LogP contribution in [-0.4, -0.2) is 55.1 Å². The van der Waals surface area contributed by atoms with Gasteiger partial charge < -0.3 is 9.64 Å². The van der Waals surface area contributed by atoms with Gasteiger partial charge in [-0.1, -0.05) is 29.5 Å². The molecule has 30 heavy (non-hydrogen) atoms. The van der Waals surface area contributed by atoms with Crippen LogP contribution in [-0.2, 0) is 37.1 Å². The molecule has 1 unspecified atom stereocenters. The Balaban J connectivity index is 1.34. The number of carbonyl (C=O) groups excluding carboxylic acids is 2. The smallest absolute Gasteiger partial charge is 0.255 e. The number of aromatic nitrogens is 1. The standard InChI is InChI=1S/C20H23N3O5S2/c24-18(9-12-30(26,27)14-5-2-1-3-6-14)23-10-8-15-17(13-23)29-20(21-15)22-19(25)16-7-4-11-28-16/h1-3,5-6,16H,4,7-13H2,(H,21,22,25). The molecule has 2 aliphatic rings. The molecule has 8 nitrogen and oxygen atoms in total. The van der Waals surface area contributed by atoms with Crippen LogP contribution in [0.3, 0.4) is 0 Å². The Morgan fingerprint density at radius 1 is 1.27 bits per heavy atom. The minimum absolute atomic E-state index is 0.0615. The highest BCUT2D eigenvalue weighted by atomic mass is 32.2. The number of fused-ring (bicyclic) bond motifs is 1. The van der Waals surface area contributed by atoms with Crippen LogP contribution >= 0.6 is 11.3 Å². The molecule has 0 bridgehead atoms. The van der Waals surface area contributed by atoms with E-state index in [4.69, 9.17) is 4.74 Å². The Morgan fingerprint density at radius 3 is 2.80 bits per heavy atom. The number of amides is 2. The summed E-state index contributed by atoms with van der Waals surface area (Å²) in [4.78, 5) is 32.1. The number of ether oxygens (including phenoxy) is 1. The van der Waals surface area contributed by atoms with Crippen molar-refractivity contribution in [2.45, 2.75) is 43.2 Å². The maximum Gasteiger partial charge on any atom is 0.255 e. The highest BCUT2D eigenvalue weighted by Gasteiger charge is 2.28. The third-order valence-electron chi connectivity index (χ3n) is 5.22. The molecule has 1 saturated heterocycles. The summed E-state index contributed by atoms with van der Waals surface area (Å²) < 4.78 is 30.2. The van der Waals surface area contributed by atoms with Crippen LogP contribution in [0.25, 0.3) is 0 Å². The van der Waals surface area contributed by atoms with Gasteiger partial charge in [0, 0.05) is 30.9 Å². The van der Waals surface area contributed by atoms with Gasteiger partial charge in [0.25, 0.3) is 5.91 Å². The highest BCUT2D eigenvalue weighted by molar-refractivity contribution is 7.91. The number of hydrogen-bond donors (Lipinski definition) is 1.